The number of halogens is 3. The van der Waals surface area contributed by atoms with Crippen molar-refractivity contribution in [2.24, 2.45) is 10.3 Å². The molecule has 3 rings (SSSR count). The number of aliphatic hydroxyl groups is 1. The van der Waals surface area contributed by atoms with Gasteiger partial charge in [-0.3, -0.25) is 0 Å². The fourth-order valence-electron chi connectivity index (χ4n) is 2.91. The molecule has 0 spiro atoms. The first-order valence-electron chi connectivity index (χ1n) is 8.97. The molecule has 2 aromatic carbocycles. The molecule has 7 nitrogen and oxygen atoms in total. The number of aliphatic hydroxyl groups excluding tert-OH is 1. The fourth-order valence-corrected chi connectivity index (χ4v) is 2.91. The Labute approximate surface area is 171 Å². The molecule has 160 valence electrons. The van der Waals surface area contributed by atoms with Crippen LogP contribution in [0.4, 0.5) is 18.9 Å². The third-order valence-electron chi connectivity index (χ3n) is 4.48. The molecule has 1 aliphatic rings. The summed E-state index contributed by atoms with van der Waals surface area (Å²) in [5, 5.41) is 19.8. The maximum atomic E-state index is 12.9. The standard InChI is InChI=1S/C20H21F3N4O3/c1-13(14-8-6-9-16(11-14)20(21,22)23)25-30-12-15-7-4-5-10-17(15)27-18(29-3)24-26(2)19(27)28/h4-11,19,28H,12H2,1-3H3. The van der Waals surface area contributed by atoms with E-state index in [4.69, 9.17) is 9.57 Å². The molecule has 0 amide bonds. The van der Waals surface area contributed by atoms with Gasteiger partial charge in [0.15, 0.2) is 0 Å². The van der Waals surface area contributed by atoms with Crippen molar-refractivity contribution in [3.8, 4) is 0 Å². The molecule has 1 heterocycles. The maximum Gasteiger partial charge on any atom is 0.416 e. The monoisotopic (exact) mass is 422 g/mol. The Kier molecular flexibility index (Phi) is 6.16. The lowest BCUT2D eigenvalue weighted by Crippen LogP contribution is -2.41. The SMILES string of the molecule is COC1=NN(C)C(O)N1c1ccccc1CON=C(C)c1cccc(C(F)(F)F)c1. The smallest absolute Gasteiger partial charge is 0.416 e. The van der Waals surface area contributed by atoms with Crippen molar-refractivity contribution < 1.29 is 27.9 Å². The highest BCUT2D eigenvalue weighted by atomic mass is 19.4. The number of nitrogens with zero attached hydrogens (tertiary/aromatic N) is 4. The minimum Gasteiger partial charge on any atom is -0.467 e. The third kappa shape index (κ3) is 4.48. The number of para-hydroxylation sites is 1. The van der Waals surface area contributed by atoms with E-state index in [1.807, 2.05) is 0 Å². The Morgan fingerprint density at radius 1 is 1.20 bits per heavy atom. The molecule has 0 aromatic heterocycles. The first-order valence-corrected chi connectivity index (χ1v) is 8.97. The van der Waals surface area contributed by atoms with Crippen LogP contribution in [0.25, 0.3) is 0 Å². The molecule has 0 bridgehead atoms. The number of amidine groups is 1. The maximum absolute atomic E-state index is 12.9. The van der Waals surface area contributed by atoms with Crippen molar-refractivity contribution >= 4 is 17.4 Å². The Bertz CT molecular complexity index is 962. The van der Waals surface area contributed by atoms with Gasteiger partial charge in [0.25, 0.3) is 0 Å². The Hall–Kier alpha value is -3.27. The van der Waals surface area contributed by atoms with Gasteiger partial charge in [-0.2, -0.15) is 13.2 Å². The summed E-state index contributed by atoms with van der Waals surface area (Å²) in [6.07, 6.45) is -5.49. The minimum atomic E-state index is -4.43. The second-order valence-corrected chi connectivity index (χ2v) is 6.53. The van der Waals surface area contributed by atoms with E-state index in [0.29, 0.717) is 22.5 Å². The predicted octanol–water partition coefficient (Wildman–Crippen LogP) is 3.59. The zero-order chi connectivity index (χ0) is 21.9. The quantitative estimate of drug-likeness (QED) is 0.589. The second-order valence-electron chi connectivity index (χ2n) is 6.53. The van der Waals surface area contributed by atoms with Crippen LogP contribution in [0.5, 0.6) is 0 Å². The van der Waals surface area contributed by atoms with E-state index >= 15 is 0 Å². The molecule has 10 heteroatoms. The van der Waals surface area contributed by atoms with Gasteiger partial charge in [-0.25, -0.2) is 9.91 Å². The number of benzene rings is 2. The molecule has 1 atom stereocenters. The highest BCUT2D eigenvalue weighted by Crippen LogP contribution is 2.30. The van der Waals surface area contributed by atoms with Crippen LogP contribution in [-0.4, -0.2) is 42.4 Å². The number of ether oxygens (including phenoxy) is 1. The van der Waals surface area contributed by atoms with Gasteiger partial charge in [0.1, 0.15) is 6.61 Å². The topological polar surface area (TPSA) is 69.9 Å². The van der Waals surface area contributed by atoms with Crippen LogP contribution in [0.1, 0.15) is 23.6 Å². The van der Waals surface area contributed by atoms with Crippen LogP contribution >= 0.6 is 0 Å². The predicted molar refractivity (Wildman–Crippen MR) is 106 cm³/mol. The molecule has 30 heavy (non-hydrogen) atoms. The summed E-state index contributed by atoms with van der Waals surface area (Å²) in [5.74, 6) is 0. The number of oxime groups is 1. The number of hydrazone groups is 1. The number of anilines is 1. The number of hydrogen-bond donors (Lipinski definition) is 1. The fraction of sp³-hybridized carbons (Fsp3) is 0.300. The van der Waals surface area contributed by atoms with Crippen LogP contribution in [-0.2, 0) is 22.4 Å². The molecule has 0 fully saturated rings. The first-order chi connectivity index (χ1) is 14.2. The van der Waals surface area contributed by atoms with Crippen molar-refractivity contribution in [2.75, 3.05) is 19.1 Å². The molecule has 0 aliphatic carbocycles. The zero-order valence-corrected chi connectivity index (χ0v) is 16.6. The van der Waals surface area contributed by atoms with Crippen LogP contribution in [0.2, 0.25) is 0 Å². The largest absolute Gasteiger partial charge is 0.467 e. The summed E-state index contributed by atoms with van der Waals surface area (Å²) in [6.45, 7) is 1.59. The molecule has 0 radical (unpaired) electrons. The zero-order valence-electron chi connectivity index (χ0n) is 16.6. The van der Waals surface area contributed by atoms with Crippen molar-refractivity contribution in [1.82, 2.24) is 5.01 Å². The van der Waals surface area contributed by atoms with Gasteiger partial charge in [-0.15, -0.1) is 5.10 Å². The number of hydrogen-bond acceptors (Lipinski definition) is 7. The van der Waals surface area contributed by atoms with E-state index in [1.165, 1.54) is 29.2 Å². The van der Waals surface area contributed by atoms with E-state index in [9.17, 15) is 18.3 Å². The molecule has 1 aliphatic heterocycles. The van der Waals surface area contributed by atoms with Gasteiger partial charge in [-0.1, -0.05) is 35.5 Å². The van der Waals surface area contributed by atoms with Gasteiger partial charge in [0, 0.05) is 12.6 Å². The van der Waals surface area contributed by atoms with Crippen LogP contribution in [0.15, 0.2) is 58.8 Å². The number of rotatable bonds is 5. The van der Waals surface area contributed by atoms with Gasteiger partial charge in [0.2, 0.25) is 6.35 Å². The van der Waals surface area contributed by atoms with Gasteiger partial charge in [0.05, 0.1) is 24.1 Å². The van der Waals surface area contributed by atoms with Gasteiger partial charge < -0.3 is 14.7 Å². The highest BCUT2D eigenvalue weighted by Gasteiger charge is 2.34. The van der Waals surface area contributed by atoms with E-state index < -0.39 is 18.1 Å². The second kappa shape index (κ2) is 8.62. The molecule has 1 unspecified atom stereocenters. The molecular weight excluding hydrogens is 401 g/mol. The Morgan fingerprint density at radius 3 is 2.63 bits per heavy atom. The molecule has 0 saturated heterocycles. The lowest BCUT2D eigenvalue weighted by molar-refractivity contribution is -0.137. The Morgan fingerprint density at radius 2 is 1.93 bits per heavy atom. The molecular formula is C20H21F3N4O3. The average Bonchev–Trinajstić information content (AvgIpc) is 3.01. The van der Waals surface area contributed by atoms with E-state index in [1.54, 1.807) is 38.2 Å². The molecule has 0 saturated carbocycles. The Balaban J connectivity index is 1.77. The van der Waals surface area contributed by atoms with Crippen LogP contribution in [0.3, 0.4) is 0 Å². The van der Waals surface area contributed by atoms with E-state index in [-0.39, 0.29) is 12.6 Å². The van der Waals surface area contributed by atoms with Crippen LogP contribution in [0, 0.1) is 0 Å². The van der Waals surface area contributed by atoms with E-state index in [0.717, 1.165) is 12.1 Å². The minimum absolute atomic E-state index is 0.0242. The average molecular weight is 422 g/mol. The normalized spacial score (nSPS) is 17.2. The van der Waals surface area contributed by atoms with Crippen molar-refractivity contribution in [2.45, 2.75) is 26.1 Å². The van der Waals surface area contributed by atoms with Crippen molar-refractivity contribution in [3.05, 3.63) is 65.2 Å². The first kappa shape index (κ1) is 21.4. The summed E-state index contributed by atoms with van der Waals surface area (Å²) in [7, 11) is 3.05. The number of alkyl halides is 3. The highest BCUT2D eigenvalue weighted by molar-refractivity contribution is 5.98. The number of methoxy groups -OCH3 is 1. The lowest BCUT2D eigenvalue weighted by Gasteiger charge is -2.26. The third-order valence-corrected chi connectivity index (χ3v) is 4.48. The summed E-state index contributed by atoms with van der Waals surface area (Å²) < 4.78 is 43.9. The van der Waals surface area contributed by atoms with E-state index in [2.05, 4.69) is 10.3 Å². The van der Waals surface area contributed by atoms with Crippen molar-refractivity contribution in [3.63, 3.8) is 0 Å². The molecule has 2 aromatic rings. The van der Waals surface area contributed by atoms with Crippen molar-refractivity contribution in [1.29, 1.82) is 0 Å². The molecule has 1 N–H and O–H groups in total. The van der Waals surface area contributed by atoms with Gasteiger partial charge >= 0.3 is 12.2 Å². The summed E-state index contributed by atoms with van der Waals surface area (Å²) in [5.41, 5.74) is 1.14. The van der Waals surface area contributed by atoms with Gasteiger partial charge in [-0.05, 0) is 30.7 Å². The summed E-state index contributed by atoms with van der Waals surface area (Å²) in [4.78, 5) is 6.88. The van der Waals surface area contributed by atoms with Crippen LogP contribution < -0.4 is 4.90 Å². The summed E-state index contributed by atoms with van der Waals surface area (Å²) >= 11 is 0. The lowest BCUT2D eigenvalue weighted by atomic mass is 10.1. The summed E-state index contributed by atoms with van der Waals surface area (Å²) in [6, 6.07) is 12.2.